The third-order valence-corrected chi connectivity index (χ3v) is 5.05. The molecule has 3 rings (SSSR count). The zero-order chi connectivity index (χ0) is 18.2. The van der Waals surface area contributed by atoms with Crippen molar-refractivity contribution < 1.29 is 18.0 Å². The zero-order valence-electron chi connectivity index (χ0n) is 13.0. The highest BCUT2D eigenvalue weighted by Gasteiger charge is 2.32. The molecule has 0 spiro atoms. The lowest BCUT2D eigenvalue weighted by Crippen LogP contribution is -2.24. The van der Waals surface area contributed by atoms with Crippen molar-refractivity contribution >= 4 is 44.5 Å². The molecule has 8 heteroatoms. The second kappa shape index (κ2) is 6.34. The van der Waals surface area contributed by atoms with Crippen LogP contribution in [0.4, 0.5) is 5.69 Å². The Morgan fingerprint density at radius 3 is 2.40 bits per heavy atom. The number of rotatable bonds is 4. The Balaban J connectivity index is 2.09. The Hall–Kier alpha value is -2.64. The predicted molar refractivity (Wildman–Crippen MR) is 94.7 cm³/mol. The molecular formula is C17H13ClN2O4S. The fraction of sp³-hybridized carbons (Fsp3) is 0.0588. The minimum Gasteiger partial charge on any atom is -0.350 e. The van der Waals surface area contributed by atoms with Crippen LogP contribution in [-0.4, -0.2) is 26.5 Å². The van der Waals surface area contributed by atoms with E-state index in [9.17, 15) is 18.0 Å². The molecule has 2 aromatic rings. The Labute approximate surface area is 149 Å². The van der Waals surface area contributed by atoms with Gasteiger partial charge < -0.3 is 5.32 Å². The van der Waals surface area contributed by atoms with Gasteiger partial charge in [0.2, 0.25) is 0 Å². The van der Waals surface area contributed by atoms with Crippen LogP contribution in [0.25, 0.3) is 5.57 Å². The van der Waals surface area contributed by atoms with Gasteiger partial charge in [-0.1, -0.05) is 35.9 Å². The van der Waals surface area contributed by atoms with Gasteiger partial charge in [-0.05, 0) is 24.3 Å². The molecule has 0 bridgehead atoms. The van der Waals surface area contributed by atoms with E-state index in [1.165, 1.54) is 12.1 Å². The van der Waals surface area contributed by atoms with Crippen LogP contribution in [-0.2, 0) is 19.4 Å². The molecule has 0 saturated carbocycles. The molecule has 0 unspecified atom stereocenters. The fourth-order valence-electron chi connectivity index (χ4n) is 2.44. The maximum absolute atomic E-state index is 12.2. The number of amides is 2. The summed E-state index contributed by atoms with van der Waals surface area (Å²) in [5, 5.41) is 5.37. The van der Waals surface area contributed by atoms with Crippen LogP contribution in [0, 0.1) is 0 Å². The zero-order valence-corrected chi connectivity index (χ0v) is 14.6. The average molecular weight is 377 g/mol. The van der Waals surface area contributed by atoms with Gasteiger partial charge in [0.1, 0.15) is 5.70 Å². The number of imide groups is 1. The maximum atomic E-state index is 12.2. The van der Waals surface area contributed by atoms with Crippen LogP contribution in [0.3, 0.4) is 0 Å². The quantitative estimate of drug-likeness (QED) is 0.798. The molecule has 6 nitrogen and oxygen atoms in total. The van der Waals surface area contributed by atoms with Gasteiger partial charge in [-0.3, -0.25) is 14.9 Å². The standard InChI is InChI=1S/C17H13ClN2O4S/c1-25(23,24)11-6-4-5-10(9-11)19-15-14(16(21)20-17(15)22)12-7-2-3-8-13(12)18/h2-9H,1H3,(H2,19,20,21,22). The molecule has 0 saturated heterocycles. The molecule has 0 fully saturated rings. The van der Waals surface area contributed by atoms with Gasteiger partial charge in [-0.25, -0.2) is 8.42 Å². The molecule has 2 N–H and O–H groups in total. The van der Waals surface area contributed by atoms with Gasteiger partial charge in [0.25, 0.3) is 11.8 Å². The third-order valence-electron chi connectivity index (χ3n) is 3.61. The molecule has 128 valence electrons. The van der Waals surface area contributed by atoms with Gasteiger partial charge >= 0.3 is 0 Å². The maximum Gasteiger partial charge on any atom is 0.275 e. The lowest BCUT2D eigenvalue weighted by Gasteiger charge is -2.10. The predicted octanol–water partition coefficient (Wildman–Crippen LogP) is 2.22. The highest BCUT2D eigenvalue weighted by Crippen LogP contribution is 2.30. The van der Waals surface area contributed by atoms with Crippen molar-refractivity contribution in [3.05, 3.63) is 64.8 Å². The number of anilines is 1. The summed E-state index contributed by atoms with van der Waals surface area (Å²) < 4.78 is 23.4. The molecule has 1 heterocycles. The second-order valence-corrected chi connectivity index (χ2v) is 7.86. The lowest BCUT2D eigenvalue weighted by molar-refractivity contribution is -0.123. The number of carbonyl (C=O) groups excluding carboxylic acids is 2. The van der Waals surface area contributed by atoms with Gasteiger partial charge in [0, 0.05) is 22.5 Å². The van der Waals surface area contributed by atoms with E-state index in [-0.39, 0.29) is 16.2 Å². The topological polar surface area (TPSA) is 92.3 Å². The highest BCUT2D eigenvalue weighted by atomic mass is 35.5. The van der Waals surface area contributed by atoms with Crippen molar-refractivity contribution in [2.24, 2.45) is 0 Å². The average Bonchev–Trinajstić information content (AvgIpc) is 2.81. The number of carbonyl (C=O) groups is 2. The largest absolute Gasteiger partial charge is 0.350 e. The first kappa shape index (κ1) is 17.2. The minimum atomic E-state index is -3.40. The summed E-state index contributed by atoms with van der Waals surface area (Å²) in [6.45, 7) is 0. The summed E-state index contributed by atoms with van der Waals surface area (Å²) >= 11 is 6.14. The summed E-state index contributed by atoms with van der Waals surface area (Å²) in [4.78, 5) is 24.4. The van der Waals surface area contributed by atoms with Crippen molar-refractivity contribution in [1.82, 2.24) is 5.32 Å². The summed E-state index contributed by atoms with van der Waals surface area (Å²) in [6, 6.07) is 12.6. The first-order chi connectivity index (χ1) is 11.8. The second-order valence-electron chi connectivity index (χ2n) is 5.44. The Morgan fingerprint density at radius 2 is 1.72 bits per heavy atom. The van der Waals surface area contributed by atoms with E-state index in [0.717, 1.165) is 6.26 Å². The number of nitrogens with one attached hydrogen (secondary N) is 2. The van der Waals surface area contributed by atoms with Gasteiger partial charge in [0.15, 0.2) is 9.84 Å². The number of benzene rings is 2. The third kappa shape index (κ3) is 3.42. The van der Waals surface area contributed by atoms with Crippen LogP contribution in [0.15, 0.2) is 59.1 Å². The number of hydrogen-bond donors (Lipinski definition) is 2. The summed E-state index contributed by atoms with van der Waals surface area (Å²) in [5.74, 6) is -1.18. The van der Waals surface area contributed by atoms with E-state index >= 15 is 0 Å². The van der Waals surface area contributed by atoms with Crippen LogP contribution >= 0.6 is 11.6 Å². The van der Waals surface area contributed by atoms with Crippen LogP contribution in [0.5, 0.6) is 0 Å². The molecule has 1 aliphatic rings. The lowest BCUT2D eigenvalue weighted by atomic mass is 10.0. The van der Waals surface area contributed by atoms with E-state index < -0.39 is 21.7 Å². The summed E-state index contributed by atoms with van der Waals surface area (Å²) in [7, 11) is -3.40. The van der Waals surface area contributed by atoms with Crippen LogP contribution < -0.4 is 10.6 Å². The molecule has 25 heavy (non-hydrogen) atoms. The molecule has 0 aliphatic carbocycles. The van der Waals surface area contributed by atoms with E-state index in [2.05, 4.69) is 10.6 Å². The van der Waals surface area contributed by atoms with Gasteiger partial charge in [-0.15, -0.1) is 0 Å². The number of sulfone groups is 1. The van der Waals surface area contributed by atoms with E-state index in [1.807, 2.05) is 0 Å². The monoisotopic (exact) mass is 376 g/mol. The molecule has 2 amide bonds. The SMILES string of the molecule is CS(=O)(=O)c1cccc(NC2=C(c3ccccc3Cl)C(=O)NC2=O)c1. The number of hydrogen-bond acceptors (Lipinski definition) is 5. The van der Waals surface area contributed by atoms with E-state index in [4.69, 9.17) is 11.6 Å². The van der Waals surface area contributed by atoms with Crippen molar-refractivity contribution in [3.8, 4) is 0 Å². The molecule has 0 aromatic heterocycles. The highest BCUT2D eigenvalue weighted by molar-refractivity contribution is 7.90. The minimum absolute atomic E-state index is 0.0174. The summed E-state index contributed by atoms with van der Waals surface area (Å²) in [6.07, 6.45) is 1.09. The molecule has 2 aromatic carbocycles. The van der Waals surface area contributed by atoms with Crippen molar-refractivity contribution in [1.29, 1.82) is 0 Å². The van der Waals surface area contributed by atoms with Crippen molar-refractivity contribution in [2.75, 3.05) is 11.6 Å². The van der Waals surface area contributed by atoms with Crippen molar-refractivity contribution in [3.63, 3.8) is 0 Å². The van der Waals surface area contributed by atoms with Crippen molar-refractivity contribution in [2.45, 2.75) is 4.90 Å². The van der Waals surface area contributed by atoms with Gasteiger partial charge in [-0.2, -0.15) is 0 Å². The molecule has 0 atom stereocenters. The Kier molecular flexibility index (Phi) is 4.36. The van der Waals surface area contributed by atoms with E-state index in [1.54, 1.807) is 36.4 Å². The molecule has 0 radical (unpaired) electrons. The Bertz CT molecular complexity index is 1030. The fourth-order valence-corrected chi connectivity index (χ4v) is 3.34. The first-order valence-electron chi connectivity index (χ1n) is 7.19. The molecular weight excluding hydrogens is 364 g/mol. The first-order valence-corrected chi connectivity index (χ1v) is 9.46. The van der Waals surface area contributed by atoms with Gasteiger partial charge in [0.05, 0.1) is 10.5 Å². The van der Waals surface area contributed by atoms with E-state index in [0.29, 0.717) is 16.3 Å². The smallest absolute Gasteiger partial charge is 0.275 e. The Morgan fingerprint density at radius 1 is 1.00 bits per heavy atom. The summed E-state index contributed by atoms with van der Waals surface area (Å²) in [5.41, 5.74) is 0.908. The number of halogens is 1. The molecule has 1 aliphatic heterocycles. The van der Waals surface area contributed by atoms with Crippen LogP contribution in [0.2, 0.25) is 5.02 Å². The van der Waals surface area contributed by atoms with Crippen LogP contribution in [0.1, 0.15) is 5.56 Å². The normalized spacial score (nSPS) is 14.6.